The molecule has 4 aromatic rings. The number of aromatic nitrogens is 6. The molecule has 0 amide bonds. The number of rotatable bonds is 7. The number of ether oxygens (including phenoxy) is 1. The van der Waals surface area contributed by atoms with Crippen LogP contribution in [-0.2, 0) is 11.3 Å². The Labute approximate surface area is 184 Å². The molecule has 1 atom stereocenters. The zero-order valence-corrected chi connectivity index (χ0v) is 18.5. The molecular weight excluding hydrogens is 412 g/mol. The first-order chi connectivity index (χ1) is 15.2. The van der Waals surface area contributed by atoms with E-state index in [4.69, 9.17) is 4.74 Å². The van der Waals surface area contributed by atoms with Crippen molar-refractivity contribution in [3.8, 4) is 11.3 Å². The van der Waals surface area contributed by atoms with Gasteiger partial charge in [0.15, 0.2) is 11.5 Å². The molecule has 9 nitrogen and oxygen atoms in total. The van der Waals surface area contributed by atoms with Crippen LogP contribution in [0.2, 0.25) is 0 Å². The summed E-state index contributed by atoms with van der Waals surface area (Å²) < 4.78 is 12.1. The van der Waals surface area contributed by atoms with E-state index >= 15 is 0 Å². The van der Waals surface area contributed by atoms with E-state index in [1.54, 1.807) is 13.3 Å². The second-order valence-electron chi connectivity index (χ2n) is 7.94. The van der Waals surface area contributed by atoms with Gasteiger partial charge < -0.3 is 10.1 Å². The number of anilines is 2. The molecule has 162 valence electrons. The van der Waals surface area contributed by atoms with Crippen LogP contribution in [0.5, 0.6) is 0 Å². The highest BCUT2D eigenvalue weighted by Crippen LogP contribution is 2.28. The van der Waals surface area contributed by atoms with Gasteiger partial charge in [-0.15, -0.1) is 0 Å². The molecule has 1 unspecified atom stereocenters. The Balaban J connectivity index is 1.37. The quantitative estimate of drug-likeness (QED) is 0.455. The molecular formula is C21H26N8OS. The number of H-pyrrole nitrogens is 1. The molecule has 0 saturated carbocycles. The number of likely N-dealkylation sites (tertiary alicyclic amines) is 1. The first-order valence-corrected chi connectivity index (χ1v) is 11.3. The van der Waals surface area contributed by atoms with Crippen LogP contribution in [0, 0.1) is 6.92 Å². The highest BCUT2D eigenvalue weighted by atomic mass is 32.1. The molecule has 4 aromatic heterocycles. The average molecular weight is 439 g/mol. The normalized spacial score (nSPS) is 17.4. The highest BCUT2D eigenvalue weighted by molar-refractivity contribution is 7.10. The topological polar surface area (TPSA) is 96.3 Å². The van der Waals surface area contributed by atoms with Crippen molar-refractivity contribution in [3.63, 3.8) is 0 Å². The van der Waals surface area contributed by atoms with Crippen LogP contribution in [-0.4, -0.2) is 60.1 Å². The van der Waals surface area contributed by atoms with E-state index in [1.807, 2.05) is 29.9 Å². The number of nitrogens with zero attached hydrogens (tertiary/aromatic N) is 6. The van der Waals surface area contributed by atoms with Crippen LogP contribution < -0.4 is 5.32 Å². The van der Waals surface area contributed by atoms with Crippen LogP contribution >= 0.6 is 11.5 Å². The molecule has 5 rings (SSSR count). The van der Waals surface area contributed by atoms with Gasteiger partial charge in [0.1, 0.15) is 5.00 Å². The third-order valence-corrected chi connectivity index (χ3v) is 6.42. The van der Waals surface area contributed by atoms with Crippen LogP contribution in [0.25, 0.3) is 16.9 Å². The summed E-state index contributed by atoms with van der Waals surface area (Å²) in [6.45, 7) is 4.70. The number of aromatic amines is 1. The summed E-state index contributed by atoms with van der Waals surface area (Å²) in [5.41, 5.74) is 4.69. The average Bonchev–Trinajstić information content (AvgIpc) is 3.50. The van der Waals surface area contributed by atoms with Gasteiger partial charge in [-0.2, -0.15) is 9.47 Å². The Morgan fingerprint density at radius 3 is 3.10 bits per heavy atom. The summed E-state index contributed by atoms with van der Waals surface area (Å²) in [5.74, 6) is 0.722. The van der Waals surface area contributed by atoms with Crippen molar-refractivity contribution in [2.45, 2.75) is 38.8 Å². The van der Waals surface area contributed by atoms with Gasteiger partial charge in [0.05, 0.1) is 36.1 Å². The summed E-state index contributed by atoms with van der Waals surface area (Å²) in [5, 5.41) is 11.3. The zero-order chi connectivity index (χ0) is 21.2. The van der Waals surface area contributed by atoms with Gasteiger partial charge >= 0.3 is 0 Å². The molecule has 1 saturated heterocycles. The number of methoxy groups -OCH3 is 1. The van der Waals surface area contributed by atoms with Crippen molar-refractivity contribution >= 4 is 28.0 Å². The molecule has 1 aliphatic rings. The maximum atomic E-state index is 5.42. The maximum Gasteiger partial charge on any atom is 0.180 e. The number of imidazole rings is 1. The number of piperidine rings is 1. The van der Waals surface area contributed by atoms with Crippen LogP contribution in [0.1, 0.15) is 30.7 Å². The van der Waals surface area contributed by atoms with E-state index in [0.717, 1.165) is 58.8 Å². The van der Waals surface area contributed by atoms with E-state index in [1.165, 1.54) is 30.8 Å². The molecule has 0 aliphatic carbocycles. The van der Waals surface area contributed by atoms with E-state index in [9.17, 15) is 0 Å². The van der Waals surface area contributed by atoms with Gasteiger partial charge in [-0.25, -0.2) is 9.97 Å². The molecule has 2 N–H and O–H groups in total. The summed E-state index contributed by atoms with van der Waals surface area (Å²) >= 11 is 1.46. The van der Waals surface area contributed by atoms with Crippen molar-refractivity contribution in [1.82, 2.24) is 33.8 Å². The lowest BCUT2D eigenvalue weighted by molar-refractivity contribution is 0.0594. The van der Waals surface area contributed by atoms with Gasteiger partial charge in [-0.1, -0.05) is 6.42 Å². The lowest BCUT2D eigenvalue weighted by Crippen LogP contribution is -2.41. The Morgan fingerprint density at radius 2 is 2.26 bits per heavy atom. The van der Waals surface area contributed by atoms with E-state index in [-0.39, 0.29) is 0 Å². The minimum absolute atomic E-state index is 0.473. The van der Waals surface area contributed by atoms with Crippen molar-refractivity contribution in [3.05, 3.63) is 42.2 Å². The smallest absolute Gasteiger partial charge is 0.180 e. The van der Waals surface area contributed by atoms with Crippen LogP contribution in [0.4, 0.5) is 10.8 Å². The Hall–Kier alpha value is -2.82. The number of fused-ring (bicyclic) bond motifs is 1. The summed E-state index contributed by atoms with van der Waals surface area (Å²) in [6.07, 6.45) is 11.2. The molecule has 10 heteroatoms. The first kappa shape index (κ1) is 20.1. The van der Waals surface area contributed by atoms with Gasteiger partial charge in [0.25, 0.3) is 0 Å². The third-order valence-electron chi connectivity index (χ3n) is 5.68. The lowest BCUT2D eigenvalue weighted by atomic mass is 10.0. The number of hydrogen-bond donors (Lipinski definition) is 2. The largest absolute Gasteiger partial charge is 0.383 e. The molecule has 5 heterocycles. The van der Waals surface area contributed by atoms with E-state index in [2.05, 4.69) is 40.8 Å². The summed E-state index contributed by atoms with van der Waals surface area (Å²) in [6, 6.07) is 2.59. The number of aryl methyl sites for hydroxylation is 1. The van der Waals surface area contributed by atoms with E-state index < -0.39 is 0 Å². The second-order valence-corrected chi connectivity index (χ2v) is 8.74. The molecule has 1 fully saturated rings. The first-order valence-electron chi connectivity index (χ1n) is 10.5. The van der Waals surface area contributed by atoms with E-state index in [0.29, 0.717) is 6.04 Å². The predicted octanol–water partition coefficient (Wildman–Crippen LogP) is 3.63. The Morgan fingerprint density at radius 1 is 1.32 bits per heavy atom. The minimum atomic E-state index is 0.473. The monoisotopic (exact) mass is 438 g/mol. The van der Waals surface area contributed by atoms with Crippen LogP contribution in [0.3, 0.4) is 0 Å². The van der Waals surface area contributed by atoms with Gasteiger partial charge in [-0.3, -0.25) is 14.4 Å². The molecule has 0 aromatic carbocycles. The fourth-order valence-electron chi connectivity index (χ4n) is 4.22. The SMILES string of the molecule is COCC1CCCCN1Cc1cc(Nc2nc(C)cn3c(-c4cn[nH]c4)cnc23)sn1. The second kappa shape index (κ2) is 8.74. The fraction of sp³-hybridized carbons (Fsp3) is 0.429. The number of hydrogen-bond acceptors (Lipinski definition) is 8. The maximum absolute atomic E-state index is 5.42. The molecule has 31 heavy (non-hydrogen) atoms. The third kappa shape index (κ3) is 4.18. The molecule has 0 spiro atoms. The Bertz CT molecular complexity index is 1150. The predicted molar refractivity (Wildman–Crippen MR) is 121 cm³/mol. The number of nitrogens with one attached hydrogen (secondary N) is 2. The highest BCUT2D eigenvalue weighted by Gasteiger charge is 2.23. The van der Waals surface area contributed by atoms with Crippen molar-refractivity contribution in [2.24, 2.45) is 0 Å². The zero-order valence-electron chi connectivity index (χ0n) is 17.7. The van der Waals surface area contributed by atoms with Gasteiger partial charge in [0, 0.05) is 37.7 Å². The lowest BCUT2D eigenvalue weighted by Gasteiger charge is -2.34. The summed E-state index contributed by atoms with van der Waals surface area (Å²) in [4.78, 5) is 11.8. The minimum Gasteiger partial charge on any atom is -0.383 e. The van der Waals surface area contributed by atoms with Crippen LogP contribution in [0.15, 0.2) is 30.9 Å². The molecule has 1 aliphatic heterocycles. The van der Waals surface area contributed by atoms with Crippen molar-refractivity contribution < 1.29 is 4.74 Å². The van der Waals surface area contributed by atoms with Gasteiger partial charge in [-0.05, 0) is 43.9 Å². The van der Waals surface area contributed by atoms with Gasteiger partial charge in [0.2, 0.25) is 0 Å². The van der Waals surface area contributed by atoms with Crippen molar-refractivity contribution in [2.75, 3.05) is 25.6 Å². The molecule has 0 bridgehead atoms. The molecule has 0 radical (unpaired) electrons. The standard InChI is InChI=1S/C21H26N8OS/c1-14-11-29-18(15-8-23-24-9-15)10-22-21(29)20(25-14)26-19-7-16(27-31-19)12-28-6-4-3-5-17(28)13-30-2/h7-11,17H,3-6,12-13H2,1-2H3,(H,23,24)(H,25,26). The fourth-order valence-corrected chi connectivity index (χ4v) is 4.87. The van der Waals surface area contributed by atoms with Crippen molar-refractivity contribution in [1.29, 1.82) is 0 Å². The Kier molecular flexibility index (Phi) is 5.66. The summed E-state index contributed by atoms with van der Waals surface area (Å²) in [7, 11) is 1.78.